The van der Waals surface area contributed by atoms with Crippen LogP contribution in [0.1, 0.15) is 37.5 Å². The van der Waals surface area contributed by atoms with Crippen LogP contribution in [0, 0.1) is 0 Å². The maximum Gasteiger partial charge on any atom is 0.191 e. The van der Waals surface area contributed by atoms with E-state index in [2.05, 4.69) is 51.6 Å². The minimum atomic E-state index is 0. The van der Waals surface area contributed by atoms with Gasteiger partial charge in [-0.05, 0) is 37.5 Å². The van der Waals surface area contributed by atoms with Crippen LogP contribution in [-0.4, -0.2) is 40.2 Å². The van der Waals surface area contributed by atoms with Gasteiger partial charge >= 0.3 is 0 Å². The Morgan fingerprint density at radius 3 is 2.68 bits per heavy atom. The van der Waals surface area contributed by atoms with Gasteiger partial charge in [-0.15, -0.1) is 24.0 Å². The van der Waals surface area contributed by atoms with Crippen LogP contribution in [-0.2, 0) is 11.3 Å². The van der Waals surface area contributed by atoms with E-state index in [1.54, 1.807) is 12.5 Å². The first kappa shape index (κ1) is 24.8. The molecule has 1 atom stereocenters. The molecule has 0 aliphatic carbocycles. The molecule has 0 saturated carbocycles. The quantitative estimate of drug-likeness (QED) is 0.177. The van der Waals surface area contributed by atoms with Gasteiger partial charge in [-0.2, -0.15) is 0 Å². The van der Waals surface area contributed by atoms with Gasteiger partial charge in [0.25, 0.3) is 0 Å². The van der Waals surface area contributed by atoms with Crippen LogP contribution in [0.15, 0.2) is 72.4 Å². The first-order valence-corrected chi connectivity index (χ1v) is 10.4. The molecule has 0 amide bonds. The first-order chi connectivity index (χ1) is 14.8. The summed E-state index contributed by atoms with van der Waals surface area (Å²) in [7, 11) is 0. The lowest BCUT2D eigenvalue weighted by Crippen LogP contribution is -2.38. The fraction of sp³-hybridized carbons (Fsp3) is 0.348. The first-order valence-electron chi connectivity index (χ1n) is 10.4. The van der Waals surface area contributed by atoms with E-state index in [4.69, 9.17) is 4.74 Å². The molecule has 166 valence electrons. The zero-order valence-corrected chi connectivity index (χ0v) is 20.4. The number of pyridine rings is 1. The number of hydrogen-bond donors (Lipinski definition) is 2. The number of benzene rings is 1. The number of ether oxygens (including phenoxy) is 1. The molecule has 1 aromatic carbocycles. The van der Waals surface area contributed by atoms with E-state index in [9.17, 15) is 0 Å². The Labute approximate surface area is 201 Å². The minimum absolute atomic E-state index is 0. The van der Waals surface area contributed by atoms with Crippen LogP contribution < -0.4 is 10.6 Å². The summed E-state index contributed by atoms with van der Waals surface area (Å²) >= 11 is 0. The number of nitrogens with one attached hydrogen (secondary N) is 2. The van der Waals surface area contributed by atoms with Crippen LogP contribution in [0.5, 0.6) is 0 Å². The molecule has 8 heteroatoms. The van der Waals surface area contributed by atoms with Gasteiger partial charge in [0.2, 0.25) is 0 Å². The van der Waals surface area contributed by atoms with Gasteiger partial charge in [0.15, 0.2) is 5.96 Å². The standard InChI is InChI=1S/C23H30N6O.HI/c1-3-25-23(26-12-7-15-30-19(2)21-8-5-4-6-9-21)28-17-20-10-11-22(27-16-20)29-14-13-24-18-29;/h4-6,8-11,13-14,16,18-19H,3,7,12,15,17H2,1-2H3,(H2,25,26,28);1H. The zero-order valence-electron chi connectivity index (χ0n) is 18.1. The van der Waals surface area contributed by atoms with E-state index in [1.165, 1.54) is 5.56 Å². The smallest absolute Gasteiger partial charge is 0.191 e. The molecule has 1 unspecified atom stereocenters. The number of nitrogens with zero attached hydrogens (tertiary/aromatic N) is 4. The van der Waals surface area contributed by atoms with Gasteiger partial charge in [-0.25, -0.2) is 15.0 Å². The van der Waals surface area contributed by atoms with E-state index < -0.39 is 0 Å². The second-order valence-corrected chi connectivity index (χ2v) is 6.89. The third-order valence-corrected chi connectivity index (χ3v) is 4.59. The third kappa shape index (κ3) is 8.29. The summed E-state index contributed by atoms with van der Waals surface area (Å²) in [6.07, 6.45) is 8.20. The molecule has 31 heavy (non-hydrogen) atoms. The predicted octanol–water partition coefficient (Wildman–Crippen LogP) is 4.11. The van der Waals surface area contributed by atoms with Crippen LogP contribution >= 0.6 is 24.0 Å². The molecule has 2 heterocycles. The summed E-state index contributed by atoms with van der Waals surface area (Å²) < 4.78 is 7.80. The fourth-order valence-corrected chi connectivity index (χ4v) is 2.93. The molecule has 0 radical (unpaired) electrons. The van der Waals surface area contributed by atoms with Crippen molar-refractivity contribution in [3.8, 4) is 5.82 Å². The fourth-order valence-electron chi connectivity index (χ4n) is 2.93. The third-order valence-electron chi connectivity index (χ3n) is 4.59. The summed E-state index contributed by atoms with van der Waals surface area (Å²) in [5.74, 6) is 1.64. The molecule has 0 fully saturated rings. The highest BCUT2D eigenvalue weighted by Gasteiger charge is 2.04. The monoisotopic (exact) mass is 534 g/mol. The molecule has 2 N–H and O–H groups in total. The van der Waals surface area contributed by atoms with E-state index >= 15 is 0 Å². The van der Waals surface area contributed by atoms with E-state index in [-0.39, 0.29) is 30.1 Å². The molecule has 0 saturated heterocycles. The molecule has 3 rings (SSSR count). The van der Waals surface area contributed by atoms with Crippen molar-refractivity contribution in [1.29, 1.82) is 0 Å². The highest BCUT2D eigenvalue weighted by atomic mass is 127. The minimum Gasteiger partial charge on any atom is -0.374 e. The molecule has 7 nitrogen and oxygen atoms in total. The highest BCUT2D eigenvalue weighted by molar-refractivity contribution is 14.0. The highest BCUT2D eigenvalue weighted by Crippen LogP contribution is 2.15. The number of aromatic nitrogens is 3. The molecular weight excluding hydrogens is 503 g/mol. The van der Waals surface area contributed by atoms with Gasteiger partial charge < -0.3 is 15.4 Å². The number of guanidine groups is 1. The van der Waals surface area contributed by atoms with Crippen molar-refractivity contribution in [2.75, 3.05) is 19.7 Å². The summed E-state index contributed by atoms with van der Waals surface area (Å²) in [4.78, 5) is 13.2. The second kappa shape index (κ2) is 13.8. The Hall–Kier alpha value is -2.46. The topological polar surface area (TPSA) is 76.4 Å². The summed E-state index contributed by atoms with van der Waals surface area (Å²) in [6, 6.07) is 14.3. The summed E-state index contributed by atoms with van der Waals surface area (Å²) in [6.45, 7) is 7.01. The lowest BCUT2D eigenvalue weighted by molar-refractivity contribution is 0.0646. The van der Waals surface area contributed by atoms with Crippen LogP contribution in [0.25, 0.3) is 5.82 Å². The zero-order chi connectivity index (χ0) is 21.0. The predicted molar refractivity (Wildman–Crippen MR) is 135 cm³/mol. The largest absolute Gasteiger partial charge is 0.374 e. The molecule has 0 bridgehead atoms. The normalized spacial score (nSPS) is 12.1. The molecule has 0 aliphatic rings. The Morgan fingerprint density at radius 2 is 2.00 bits per heavy atom. The Balaban J connectivity index is 0.00000341. The number of halogens is 1. The van der Waals surface area contributed by atoms with E-state index in [0.29, 0.717) is 13.2 Å². The molecule has 0 spiro atoms. The van der Waals surface area contributed by atoms with Crippen molar-refractivity contribution in [3.05, 3.63) is 78.5 Å². The molecular formula is C23H31IN6O. The van der Waals surface area contributed by atoms with Crippen LogP contribution in [0.2, 0.25) is 0 Å². The van der Waals surface area contributed by atoms with Gasteiger partial charge in [0, 0.05) is 38.3 Å². The van der Waals surface area contributed by atoms with Crippen LogP contribution in [0.3, 0.4) is 0 Å². The van der Waals surface area contributed by atoms with Gasteiger partial charge in [-0.3, -0.25) is 4.57 Å². The number of rotatable bonds is 10. The van der Waals surface area contributed by atoms with Gasteiger partial charge in [0.05, 0.1) is 12.6 Å². The van der Waals surface area contributed by atoms with Crippen LogP contribution in [0.4, 0.5) is 0 Å². The summed E-state index contributed by atoms with van der Waals surface area (Å²) in [5.41, 5.74) is 2.25. The lowest BCUT2D eigenvalue weighted by atomic mass is 10.1. The number of aliphatic imine (C=N–C) groups is 1. The Kier molecular flexibility index (Phi) is 11.0. The van der Waals surface area contributed by atoms with Gasteiger partial charge in [-0.1, -0.05) is 36.4 Å². The van der Waals surface area contributed by atoms with Crippen molar-refractivity contribution >= 4 is 29.9 Å². The van der Waals surface area contributed by atoms with Gasteiger partial charge in [0.1, 0.15) is 12.1 Å². The van der Waals surface area contributed by atoms with E-state index in [0.717, 1.165) is 36.9 Å². The average molecular weight is 534 g/mol. The maximum atomic E-state index is 5.93. The van der Waals surface area contributed by atoms with Crippen molar-refractivity contribution in [2.24, 2.45) is 4.99 Å². The number of hydrogen-bond acceptors (Lipinski definition) is 4. The average Bonchev–Trinajstić information content (AvgIpc) is 3.33. The number of imidazole rings is 1. The van der Waals surface area contributed by atoms with Crippen molar-refractivity contribution in [2.45, 2.75) is 32.9 Å². The second-order valence-electron chi connectivity index (χ2n) is 6.89. The van der Waals surface area contributed by atoms with E-state index in [1.807, 2.05) is 47.3 Å². The SMILES string of the molecule is CCNC(=NCc1ccc(-n2ccnc2)nc1)NCCCOC(C)c1ccccc1.I. The lowest BCUT2D eigenvalue weighted by Gasteiger charge is -2.14. The molecule has 3 aromatic rings. The Morgan fingerprint density at radius 1 is 1.16 bits per heavy atom. The van der Waals surface area contributed by atoms with Crippen molar-refractivity contribution in [3.63, 3.8) is 0 Å². The molecule has 0 aliphatic heterocycles. The molecule has 2 aromatic heterocycles. The Bertz CT molecular complexity index is 884. The van der Waals surface area contributed by atoms with Crippen molar-refractivity contribution < 1.29 is 4.74 Å². The van der Waals surface area contributed by atoms with Crippen molar-refractivity contribution in [1.82, 2.24) is 25.2 Å². The maximum absolute atomic E-state index is 5.93. The summed E-state index contributed by atoms with van der Waals surface area (Å²) in [5, 5.41) is 6.64.